The molecule has 0 atom stereocenters. The number of rotatable bonds is 4. The Morgan fingerprint density at radius 1 is 1.25 bits per heavy atom. The normalized spacial score (nSPS) is 12.2. The molecule has 120 valence electrons. The minimum atomic E-state index is -4.04. The third-order valence-electron chi connectivity index (χ3n) is 2.85. The molecule has 0 bridgehead atoms. The topological polar surface area (TPSA) is 69.6 Å². The molecule has 4 nitrogen and oxygen atoms in total. The van der Waals surface area contributed by atoms with Gasteiger partial charge in [0.1, 0.15) is 0 Å². The van der Waals surface area contributed by atoms with Gasteiger partial charge in [0.05, 0.1) is 5.41 Å². The second-order valence-corrected chi connectivity index (χ2v) is 7.53. The summed E-state index contributed by atoms with van der Waals surface area (Å²) in [4.78, 5) is 0. The van der Waals surface area contributed by atoms with Crippen molar-refractivity contribution in [3.63, 3.8) is 0 Å². The van der Waals surface area contributed by atoms with E-state index in [1.807, 2.05) is 6.92 Å². The molecule has 24 heavy (non-hydrogen) atoms. The maximum atomic E-state index is 12.0. The fourth-order valence-electron chi connectivity index (χ4n) is 1.76. The molecule has 0 saturated heterocycles. The second-order valence-electron chi connectivity index (χ2n) is 4.75. The van der Waals surface area contributed by atoms with Crippen molar-refractivity contribution in [1.82, 2.24) is 0 Å². The molecule has 0 aliphatic heterocycles. The molecule has 0 radical (unpaired) electrons. The number of aryl methyl sites for hydroxylation is 1. The van der Waals surface area contributed by atoms with Crippen LogP contribution in [0.15, 0.2) is 56.7 Å². The van der Waals surface area contributed by atoms with E-state index in [4.69, 9.17) is 11.6 Å². The molecule has 0 N–H and O–H groups in total. The SMILES string of the molecule is Cc1ccc(/C([O-])=N/S(=O)(=O)/C=C/c2cccc(Cl)c2)c(Br)c1.[Na+]. The molecule has 2 rings (SSSR count). The summed E-state index contributed by atoms with van der Waals surface area (Å²) in [5, 5.41) is 13.4. The Balaban J connectivity index is 0.00000288. The van der Waals surface area contributed by atoms with E-state index in [0.29, 0.717) is 15.1 Å². The molecule has 0 unspecified atom stereocenters. The van der Waals surface area contributed by atoms with E-state index in [2.05, 4.69) is 20.3 Å². The van der Waals surface area contributed by atoms with Gasteiger partial charge in [0.25, 0.3) is 10.0 Å². The average molecular weight is 437 g/mol. The molecule has 0 amide bonds. The van der Waals surface area contributed by atoms with Crippen LogP contribution >= 0.6 is 27.5 Å². The third kappa shape index (κ3) is 6.35. The van der Waals surface area contributed by atoms with Crippen LogP contribution in [0.1, 0.15) is 16.7 Å². The van der Waals surface area contributed by atoms with Gasteiger partial charge in [0.2, 0.25) is 0 Å². The van der Waals surface area contributed by atoms with Crippen LogP contribution in [0.5, 0.6) is 0 Å². The van der Waals surface area contributed by atoms with Gasteiger partial charge in [-0.2, -0.15) is 12.8 Å². The molecule has 2 aromatic carbocycles. The summed E-state index contributed by atoms with van der Waals surface area (Å²) in [5.41, 5.74) is 1.73. The zero-order valence-corrected chi connectivity index (χ0v) is 18.2. The van der Waals surface area contributed by atoms with Crippen LogP contribution in [0.4, 0.5) is 0 Å². The monoisotopic (exact) mass is 435 g/mol. The Kier molecular flexibility index (Phi) is 8.19. The van der Waals surface area contributed by atoms with Gasteiger partial charge in [-0.3, -0.25) is 0 Å². The van der Waals surface area contributed by atoms with Crippen molar-refractivity contribution in [2.45, 2.75) is 6.92 Å². The first-order valence-electron chi connectivity index (χ1n) is 6.49. The first kappa shape index (κ1) is 21.4. The summed E-state index contributed by atoms with van der Waals surface area (Å²) in [6.45, 7) is 1.86. The van der Waals surface area contributed by atoms with Crippen molar-refractivity contribution in [3.8, 4) is 0 Å². The summed E-state index contributed by atoms with van der Waals surface area (Å²) in [5.74, 6) is -0.826. The minimum absolute atomic E-state index is 0. The van der Waals surface area contributed by atoms with Crippen molar-refractivity contribution in [2.75, 3.05) is 0 Å². The summed E-state index contributed by atoms with van der Waals surface area (Å²) < 4.78 is 27.6. The van der Waals surface area contributed by atoms with E-state index >= 15 is 0 Å². The van der Waals surface area contributed by atoms with Crippen LogP contribution in [0.2, 0.25) is 5.02 Å². The zero-order valence-electron chi connectivity index (χ0n) is 13.0. The molecule has 2 aromatic rings. The Morgan fingerprint density at radius 2 is 1.96 bits per heavy atom. The zero-order chi connectivity index (χ0) is 17.0. The van der Waals surface area contributed by atoms with Crippen LogP contribution < -0.4 is 34.7 Å². The smallest absolute Gasteiger partial charge is 0.858 e. The Bertz CT molecular complexity index is 898. The number of hydrogen-bond donors (Lipinski definition) is 0. The van der Waals surface area contributed by atoms with Crippen LogP contribution in [0.25, 0.3) is 6.08 Å². The van der Waals surface area contributed by atoms with Gasteiger partial charge < -0.3 is 5.11 Å². The molecule has 0 aliphatic rings. The number of halogens is 2. The van der Waals surface area contributed by atoms with Crippen molar-refractivity contribution in [2.24, 2.45) is 4.40 Å². The Morgan fingerprint density at radius 3 is 2.58 bits per heavy atom. The van der Waals surface area contributed by atoms with Crippen LogP contribution in [-0.4, -0.2) is 14.3 Å². The third-order valence-corrected chi connectivity index (χ3v) is 4.64. The molecule has 0 fully saturated rings. The molecule has 0 heterocycles. The molecule has 0 aliphatic carbocycles. The minimum Gasteiger partial charge on any atom is -0.858 e. The van der Waals surface area contributed by atoms with Gasteiger partial charge in [-0.05, 0) is 42.3 Å². The van der Waals surface area contributed by atoms with Gasteiger partial charge in [-0.1, -0.05) is 51.8 Å². The standard InChI is InChI=1S/C16H13BrClNO3S.Na/c1-11-5-6-14(15(17)9-11)16(20)19-23(21,22)8-7-12-3-2-4-13(18)10-12;/h2-10H,1H3,(H,19,20);/q;+1/p-1/b8-7+;. The van der Waals surface area contributed by atoms with Gasteiger partial charge in [-0.25, -0.2) is 0 Å². The van der Waals surface area contributed by atoms with Crippen molar-refractivity contribution < 1.29 is 43.1 Å². The first-order valence-corrected chi connectivity index (χ1v) is 9.16. The average Bonchev–Trinajstić information content (AvgIpc) is 2.44. The molecule has 0 saturated carbocycles. The fourth-order valence-corrected chi connectivity index (χ4v) is 3.34. The van der Waals surface area contributed by atoms with Crippen molar-refractivity contribution in [3.05, 3.63) is 74.1 Å². The largest absolute Gasteiger partial charge is 1.00 e. The van der Waals surface area contributed by atoms with Gasteiger partial charge >= 0.3 is 29.6 Å². The molecular weight excluding hydrogens is 425 g/mol. The van der Waals surface area contributed by atoms with Crippen molar-refractivity contribution in [1.29, 1.82) is 0 Å². The van der Waals surface area contributed by atoms with Gasteiger partial charge in [0.15, 0.2) is 0 Å². The van der Waals surface area contributed by atoms with E-state index in [1.54, 1.807) is 36.4 Å². The Hall–Kier alpha value is -0.630. The van der Waals surface area contributed by atoms with Crippen molar-refractivity contribution >= 4 is 49.5 Å². The molecule has 8 heteroatoms. The number of benzene rings is 2. The van der Waals surface area contributed by atoms with Crippen LogP contribution in [-0.2, 0) is 10.0 Å². The van der Waals surface area contributed by atoms with E-state index in [1.165, 1.54) is 12.1 Å². The quantitative estimate of drug-likeness (QED) is 0.399. The number of sulfonamides is 1. The fraction of sp³-hybridized carbons (Fsp3) is 0.0625. The van der Waals surface area contributed by atoms with Gasteiger partial charge in [-0.15, -0.1) is 0 Å². The van der Waals surface area contributed by atoms with E-state index < -0.39 is 15.9 Å². The summed E-state index contributed by atoms with van der Waals surface area (Å²) >= 11 is 9.05. The Labute approximate surface area is 176 Å². The van der Waals surface area contributed by atoms with Gasteiger partial charge in [0, 0.05) is 21.0 Å². The molecule has 0 spiro atoms. The summed E-state index contributed by atoms with van der Waals surface area (Å²) in [7, 11) is -4.04. The van der Waals surface area contributed by atoms with Crippen LogP contribution in [0, 0.1) is 6.92 Å². The molecular formula is C16H12BrClNNaO3S. The summed E-state index contributed by atoms with van der Waals surface area (Å²) in [6, 6.07) is 11.6. The maximum absolute atomic E-state index is 12.0. The van der Waals surface area contributed by atoms with Crippen LogP contribution in [0.3, 0.4) is 0 Å². The van der Waals surface area contributed by atoms with E-state index in [-0.39, 0.29) is 35.1 Å². The van der Waals surface area contributed by atoms with E-state index in [9.17, 15) is 13.5 Å². The number of nitrogens with zero attached hydrogens (tertiary/aromatic N) is 1. The predicted octanol–water partition coefficient (Wildman–Crippen LogP) is 0.523. The number of hydrogen-bond acceptors (Lipinski definition) is 3. The maximum Gasteiger partial charge on any atom is 1.00 e. The molecule has 0 aromatic heterocycles. The van der Waals surface area contributed by atoms with E-state index in [0.717, 1.165) is 11.0 Å². The first-order chi connectivity index (χ1) is 10.8. The summed E-state index contributed by atoms with van der Waals surface area (Å²) in [6.07, 6.45) is 1.34. The predicted molar refractivity (Wildman–Crippen MR) is 94.8 cm³/mol. The second kappa shape index (κ2) is 9.17.